The van der Waals surface area contributed by atoms with Crippen molar-refractivity contribution in [1.29, 1.82) is 10.8 Å². The first-order valence-corrected chi connectivity index (χ1v) is 11.9. The van der Waals surface area contributed by atoms with Crippen LogP contribution in [0.15, 0.2) is 72.8 Å². The van der Waals surface area contributed by atoms with Gasteiger partial charge in [0.05, 0.1) is 0 Å². The summed E-state index contributed by atoms with van der Waals surface area (Å²) in [5.41, 5.74) is 15.1. The summed E-state index contributed by atoms with van der Waals surface area (Å²) in [5, 5.41) is 14.8. The van der Waals surface area contributed by atoms with Gasteiger partial charge in [-0.3, -0.25) is 10.8 Å². The Hall–Kier alpha value is -3.10. The lowest BCUT2D eigenvalue weighted by molar-refractivity contribution is 0.285. The van der Waals surface area contributed by atoms with Crippen LogP contribution in [0.5, 0.6) is 11.5 Å². The zero-order valence-corrected chi connectivity index (χ0v) is 19.2. The van der Waals surface area contributed by atoms with Gasteiger partial charge >= 0.3 is 0 Å². The highest BCUT2D eigenvalue weighted by atomic mass is 32.2. The molecule has 0 fully saturated rings. The Kier molecular flexibility index (Phi) is 8.89. The number of nitrogens with one attached hydrogen (secondary N) is 2. The Bertz CT molecular complexity index is 956. The maximum absolute atomic E-state index is 7.29. The first kappa shape index (κ1) is 23.6. The van der Waals surface area contributed by atoms with E-state index in [0.717, 1.165) is 33.8 Å². The number of amidine groups is 2. The molecular formula is C24H26N4O2S2. The molecule has 0 unspecified atom stereocenters. The molecule has 0 aromatic heterocycles. The van der Waals surface area contributed by atoms with Crippen molar-refractivity contribution >= 4 is 33.9 Å². The second-order valence-corrected chi connectivity index (χ2v) is 8.97. The van der Waals surface area contributed by atoms with Gasteiger partial charge in [-0.05, 0) is 46.5 Å². The fourth-order valence-corrected chi connectivity index (χ4v) is 3.88. The average molecular weight is 467 g/mol. The van der Waals surface area contributed by atoms with Crippen LogP contribution >= 0.6 is 23.5 Å². The topological polar surface area (TPSA) is 118 Å². The van der Waals surface area contributed by atoms with Gasteiger partial charge in [0.15, 0.2) is 10.3 Å². The van der Waals surface area contributed by atoms with Gasteiger partial charge in [0.1, 0.15) is 24.7 Å². The maximum atomic E-state index is 7.29. The monoisotopic (exact) mass is 466 g/mol. The fourth-order valence-electron chi connectivity index (χ4n) is 2.85. The van der Waals surface area contributed by atoms with E-state index >= 15 is 0 Å². The Labute approximate surface area is 196 Å². The fraction of sp³-hybridized carbons (Fsp3) is 0.167. The second-order valence-electron chi connectivity index (χ2n) is 6.94. The van der Waals surface area contributed by atoms with E-state index < -0.39 is 0 Å². The third kappa shape index (κ3) is 7.86. The predicted octanol–water partition coefficient (Wildman–Crippen LogP) is 5.10. The summed E-state index contributed by atoms with van der Waals surface area (Å²) in [6.45, 7) is 0.893. The standard InChI is InChI=1S/C24H26N4O2S2/c25-23(26)31-15-17-5-9-21(10-6-17)29-13-19-3-1-2-4-20(19)14-30-22-11-7-18(8-12-22)16-32-24(27)28/h1-12H,13-16H2,(H3,25,26)(H3,27,28). The van der Waals surface area contributed by atoms with Crippen molar-refractivity contribution in [3.63, 3.8) is 0 Å². The minimum atomic E-state index is 0.118. The lowest BCUT2D eigenvalue weighted by Crippen LogP contribution is -2.04. The number of hydrogen-bond acceptors (Lipinski definition) is 6. The highest BCUT2D eigenvalue weighted by molar-refractivity contribution is 8.13. The molecular weight excluding hydrogens is 440 g/mol. The molecule has 32 heavy (non-hydrogen) atoms. The number of hydrogen-bond donors (Lipinski definition) is 4. The van der Waals surface area contributed by atoms with E-state index in [0.29, 0.717) is 24.7 Å². The van der Waals surface area contributed by atoms with Gasteiger partial charge in [-0.25, -0.2) is 0 Å². The van der Waals surface area contributed by atoms with Crippen molar-refractivity contribution < 1.29 is 9.47 Å². The summed E-state index contributed by atoms with van der Waals surface area (Å²) in [4.78, 5) is 0. The zero-order chi connectivity index (χ0) is 22.8. The highest BCUT2D eigenvalue weighted by Gasteiger charge is 2.05. The van der Waals surface area contributed by atoms with Gasteiger partial charge in [-0.1, -0.05) is 72.1 Å². The Balaban J connectivity index is 1.53. The van der Waals surface area contributed by atoms with E-state index in [4.69, 9.17) is 31.8 Å². The Morgan fingerprint density at radius 2 is 1.00 bits per heavy atom. The number of thioether (sulfide) groups is 2. The third-order valence-corrected chi connectivity index (χ3v) is 6.12. The van der Waals surface area contributed by atoms with Crippen LogP contribution in [0.4, 0.5) is 0 Å². The molecule has 0 aliphatic carbocycles. The molecule has 0 saturated heterocycles. The van der Waals surface area contributed by atoms with Crippen LogP contribution in [0.2, 0.25) is 0 Å². The molecule has 0 amide bonds. The molecule has 0 heterocycles. The van der Waals surface area contributed by atoms with Crippen molar-refractivity contribution in [3.05, 3.63) is 95.1 Å². The molecule has 0 aliphatic rings. The summed E-state index contributed by atoms with van der Waals surface area (Å²) >= 11 is 2.60. The van der Waals surface area contributed by atoms with E-state index in [9.17, 15) is 0 Å². The van der Waals surface area contributed by atoms with Crippen LogP contribution in [0.3, 0.4) is 0 Å². The summed E-state index contributed by atoms with van der Waals surface area (Å²) in [6, 6.07) is 23.7. The van der Waals surface area contributed by atoms with Crippen molar-refractivity contribution in [2.45, 2.75) is 24.7 Å². The maximum Gasteiger partial charge on any atom is 0.151 e. The Morgan fingerprint density at radius 1 is 0.625 bits per heavy atom. The van der Waals surface area contributed by atoms with E-state index in [1.54, 1.807) is 0 Å². The first-order valence-electron chi connectivity index (χ1n) is 9.93. The first-order chi connectivity index (χ1) is 15.5. The second kappa shape index (κ2) is 12.1. The lowest BCUT2D eigenvalue weighted by Gasteiger charge is -2.13. The van der Waals surface area contributed by atoms with Gasteiger partial charge in [0.2, 0.25) is 0 Å². The van der Waals surface area contributed by atoms with Crippen LogP contribution in [-0.4, -0.2) is 10.3 Å². The number of ether oxygens (including phenoxy) is 2. The van der Waals surface area contributed by atoms with Gasteiger partial charge in [-0.2, -0.15) is 0 Å². The van der Waals surface area contributed by atoms with Crippen LogP contribution in [0, 0.1) is 10.8 Å². The number of nitrogens with two attached hydrogens (primary N) is 2. The van der Waals surface area contributed by atoms with Crippen LogP contribution in [-0.2, 0) is 24.7 Å². The molecule has 3 rings (SSSR count). The zero-order valence-electron chi connectivity index (χ0n) is 17.5. The van der Waals surface area contributed by atoms with Crippen LogP contribution in [0.25, 0.3) is 0 Å². The van der Waals surface area contributed by atoms with Gasteiger partial charge < -0.3 is 20.9 Å². The lowest BCUT2D eigenvalue weighted by atomic mass is 10.1. The SMILES string of the molecule is N=C(N)SCc1ccc(OCc2ccccc2COc2ccc(CSC(=N)N)cc2)cc1. The normalized spacial score (nSPS) is 10.5. The minimum Gasteiger partial charge on any atom is -0.489 e. The van der Waals surface area contributed by atoms with Gasteiger partial charge in [0, 0.05) is 11.5 Å². The molecule has 0 bridgehead atoms. The molecule has 0 atom stereocenters. The summed E-state index contributed by atoms with van der Waals surface area (Å²) in [7, 11) is 0. The molecule has 0 aliphatic heterocycles. The molecule has 3 aromatic rings. The van der Waals surface area contributed by atoms with E-state index in [2.05, 4.69) is 0 Å². The third-order valence-electron chi connectivity index (χ3n) is 4.54. The average Bonchev–Trinajstić information content (AvgIpc) is 2.80. The largest absolute Gasteiger partial charge is 0.489 e. The minimum absolute atomic E-state index is 0.118. The molecule has 3 aromatic carbocycles. The molecule has 0 radical (unpaired) electrons. The molecule has 0 spiro atoms. The van der Waals surface area contributed by atoms with E-state index in [1.807, 2.05) is 72.8 Å². The summed E-state index contributed by atoms with van der Waals surface area (Å²) in [5.74, 6) is 2.92. The van der Waals surface area contributed by atoms with E-state index in [-0.39, 0.29) is 10.3 Å². The van der Waals surface area contributed by atoms with Crippen molar-refractivity contribution in [2.75, 3.05) is 0 Å². The quantitative estimate of drug-likeness (QED) is 0.244. The summed E-state index contributed by atoms with van der Waals surface area (Å²) < 4.78 is 11.9. The Morgan fingerprint density at radius 3 is 1.34 bits per heavy atom. The highest BCUT2D eigenvalue weighted by Crippen LogP contribution is 2.21. The predicted molar refractivity (Wildman–Crippen MR) is 134 cm³/mol. The molecule has 6 N–H and O–H groups in total. The number of benzene rings is 3. The molecule has 6 nitrogen and oxygen atoms in total. The van der Waals surface area contributed by atoms with Crippen molar-refractivity contribution in [3.8, 4) is 11.5 Å². The smallest absolute Gasteiger partial charge is 0.151 e. The molecule has 8 heteroatoms. The van der Waals surface area contributed by atoms with E-state index in [1.165, 1.54) is 23.5 Å². The van der Waals surface area contributed by atoms with Crippen LogP contribution < -0.4 is 20.9 Å². The van der Waals surface area contributed by atoms with Crippen molar-refractivity contribution in [1.82, 2.24) is 0 Å². The summed E-state index contributed by atoms with van der Waals surface area (Å²) in [6.07, 6.45) is 0. The van der Waals surface area contributed by atoms with Gasteiger partial charge in [-0.15, -0.1) is 0 Å². The molecule has 166 valence electrons. The van der Waals surface area contributed by atoms with Gasteiger partial charge in [0.25, 0.3) is 0 Å². The molecule has 0 saturated carbocycles. The van der Waals surface area contributed by atoms with Crippen LogP contribution in [0.1, 0.15) is 22.3 Å². The van der Waals surface area contributed by atoms with Crippen molar-refractivity contribution in [2.24, 2.45) is 11.5 Å². The number of rotatable bonds is 10.